The highest BCUT2D eigenvalue weighted by Gasteiger charge is 2.25. The van der Waals surface area contributed by atoms with Crippen LogP contribution in [0.25, 0.3) is 0 Å². The lowest BCUT2D eigenvalue weighted by molar-refractivity contribution is 0.504. The number of H-pyrrole nitrogens is 1. The van der Waals surface area contributed by atoms with Crippen molar-refractivity contribution in [1.82, 2.24) is 9.97 Å². The Morgan fingerprint density at radius 3 is 1.73 bits per heavy atom. The van der Waals surface area contributed by atoms with Crippen molar-refractivity contribution in [3.8, 4) is 0 Å². The highest BCUT2D eigenvalue weighted by molar-refractivity contribution is 14.1. The van der Waals surface area contributed by atoms with Gasteiger partial charge >= 0.3 is 0 Å². The van der Waals surface area contributed by atoms with E-state index in [1.807, 2.05) is 22.6 Å². The lowest BCUT2D eigenvalue weighted by atomic mass is 9.90. The van der Waals surface area contributed by atoms with Crippen LogP contribution in [0.15, 0.2) is 24.3 Å². The molecule has 0 aliphatic heterocycles. The van der Waals surface area contributed by atoms with Crippen LogP contribution in [-0.4, -0.2) is 9.97 Å². The maximum atomic E-state index is 13.9. The molecule has 0 spiro atoms. The zero-order valence-corrected chi connectivity index (χ0v) is 16.6. The second kappa shape index (κ2) is 7.36. The van der Waals surface area contributed by atoms with Gasteiger partial charge in [0, 0.05) is 5.69 Å². The summed E-state index contributed by atoms with van der Waals surface area (Å²) in [6.07, 6.45) is 0. The summed E-state index contributed by atoms with van der Waals surface area (Å²) in [6, 6.07) is 4.30. The Labute approximate surface area is 169 Å². The molecule has 1 N–H and O–H groups in total. The van der Waals surface area contributed by atoms with Crippen LogP contribution in [0, 0.1) is 33.9 Å². The molecule has 1 aromatic heterocycles. The van der Waals surface area contributed by atoms with Crippen LogP contribution in [0.4, 0.5) is 17.6 Å². The summed E-state index contributed by atoms with van der Waals surface area (Å²) < 4.78 is 55.6. The smallest absolute Gasteiger partial charge is 0.177 e. The predicted octanol–water partition coefficient (Wildman–Crippen LogP) is 6.37. The number of rotatable bonds is 3. The lowest BCUT2D eigenvalue weighted by Crippen LogP contribution is -2.08. The third-order valence-electron chi connectivity index (χ3n) is 3.80. The number of aromatic nitrogens is 2. The molecular weight excluding hydrogens is 506 g/mol. The van der Waals surface area contributed by atoms with E-state index < -0.39 is 39.2 Å². The Morgan fingerprint density at radius 2 is 1.38 bits per heavy atom. The fraction of sp³-hybridized carbons (Fsp3) is 0.118. The molecule has 1 heterocycles. The molecule has 0 fully saturated rings. The minimum atomic E-state index is -1.19. The first-order valence-corrected chi connectivity index (χ1v) is 9.03. The summed E-state index contributed by atoms with van der Waals surface area (Å²) in [5, 5.41) is -0.867. The largest absolute Gasteiger partial charge is 0.344 e. The van der Waals surface area contributed by atoms with Crippen LogP contribution < -0.4 is 0 Å². The van der Waals surface area contributed by atoms with E-state index >= 15 is 0 Å². The molecule has 0 unspecified atom stereocenters. The molecule has 9 heteroatoms. The number of hydrogen-bond acceptors (Lipinski definition) is 1. The Kier molecular flexibility index (Phi) is 5.50. The number of nitrogens with zero attached hydrogens (tertiary/aromatic N) is 1. The van der Waals surface area contributed by atoms with Gasteiger partial charge in [-0.2, -0.15) is 0 Å². The van der Waals surface area contributed by atoms with Crippen molar-refractivity contribution in [3.05, 3.63) is 83.9 Å². The predicted molar refractivity (Wildman–Crippen MR) is 99.7 cm³/mol. The van der Waals surface area contributed by atoms with Crippen molar-refractivity contribution >= 4 is 45.8 Å². The van der Waals surface area contributed by atoms with Crippen molar-refractivity contribution in [1.29, 1.82) is 0 Å². The van der Waals surface area contributed by atoms with Crippen LogP contribution >= 0.6 is 45.8 Å². The van der Waals surface area contributed by atoms with Crippen LogP contribution in [0.1, 0.15) is 28.6 Å². The molecule has 0 atom stereocenters. The SMILES string of the molecule is Cc1[nH]c(C(c2cc(F)c(F)c(Cl)c2)c2cc(F)c(F)c(Cl)c2)nc1I. The highest BCUT2D eigenvalue weighted by Crippen LogP contribution is 2.36. The van der Waals surface area contributed by atoms with Gasteiger partial charge in [-0.05, 0) is 64.9 Å². The Hall–Kier alpha value is -1.32. The van der Waals surface area contributed by atoms with Crippen molar-refractivity contribution in [2.24, 2.45) is 0 Å². The third-order valence-corrected chi connectivity index (χ3v) is 5.40. The van der Waals surface area contributed by atoms with E-state index in [4.69, 9.17) is 23.2 Å². The second-order valence-electron chi connectivity index (χ2n) is 5.57. The van der Waals surface area contributed by atoms with Gasteiger partial charge in [-0.3, -0.25) is 0 Å². The summed E-state index contributed by atoms with van der Waals surface area (Å²) in [6.45, 7) is 1.77. The number of nitrogens with one attached hydrogen (secondary N) is 1. The molecule has 0 bridgehead atoms. The zero-order chi connectivity index (χ0) is 19.2. The normalized spacial score (nSPS) is 11.4. The summed E-state index contributed by atoms with van der Waals surface area (Å²) in [4.78, 5) is 7.35. The molecule has 136 valence electrons. The number of aryl methyl sites for hydroxylation is 1. The van der Waals surface area contributed by atoms with E-state index in [1.54, 1.807) is 6.92 Å². The Morgan fingerprint density at radius 1 is 0.923 bits per heavy atom. The molecule has 26 heavy (non-hydrogen) atoms. The van der Waals surface area contributed by atoms with Gasteiger partial charge < -0.3 is 4.98 Å². The summed E-state index contributed by atoms with van der Waals surface area (Å²) in [7, 11) is 0. The minimum Gasteiger partial charge on any atom is -0.344 e. The van der Waals surface area contributed by atoms with Gasteiger partial charge in [0.05, 0.1) is 16.0 Å². The molecule has 3 aromatic rings. The topological polar surface area (TPSA) is 28.7 Å². The summed E-state index contributed by atoms with van der Waals surface area (Å²) in [5.41, 5.74) is 1.15. The van der Waals surface area contributed by atoms with Crippen molar-refractivity contribution < 1.29 is 17.6 Å². The molecule has 0 aliphatic carbocycles. The van der Waals surface area contributed by atoms with Gasteiger partial charge in [0.2, 0.25) is 0 Å². The van der Waals surface area contributed by atoms with E-state index in [0.29, 0.717) is 9.53 Å². The van der Waals surface area contributed by atoms with Crippen molar-refractivity contribution in [2.45, 2.75) is 12.8 Å². The van der Waals surface area contributed by atoms with Gasteiger partial charge in [0.1, 0.15) is 9.53 Å². The van der Waals surface area contributed by atoms with E-state index in [0.717, 1.165) is 17.8 Å². The number of halogens is 7. The van der Waals surface area contributed by atoms with E-state index in [9.17, 15) is 17.6 Å². The molecule has 0 amide bonds. The van der Waals surface area contributed by atoms with Crippen LogP contribution in [0.3, 0.4) is 0 Å². The molecule has 0 saturated heterocycles. The van der Waals surface area contributed by atoms with E-state index in [-0.39, 0.29) is 11.1 Å². The van der Waals surface area contributed by atoms with Gasteiger partial charge in [-0.25, -0.2) is 22.5 Å². The molecule has 0 radical (unpaired) electrons. The molecule has 0 saturated carbocycles. The van der Waals surface area contributed by atoms with Crippen LogP contribution in [0.2, 0.25) is 10.0 Å². The highest BCUT2D eigenvalue weighted by atomic mass is 127. The Balaban J connectivity index is 2.27. The van der Waals surface area contributed by atoms with E-state index in [2.05, 4.69) is 9.97 Å². The van der Waals surface area contributed by atoms with E-state index in [1.165, 1.54) is 12.1 Å². The maximum absolute atomic E-state index is 13.9. The molecular formula is C17H9Cl2F4IN2. The quantitative estimate of drug-likeness (QED) is 0.246. The molecule has 3 rings (SSSR count). The number of benzene rings is 2. The zero-order valence-electron chi connectivity index (χ0n) is 13.0. The fourth-order valence-electron chi connectivity index (χ4n) is 2.59. The lowest BCUT2D eigenvalue weighted by Gasteiger charge is -2.17. The minimum absolute atomic E-state index is 0.209. The maximum Gasteiger partial charge on any atom is 0.177 e. The monoisotopic (exact) mass is 514 g/mol. The standard InChI is InChI=1S/C17H9Cl2F4IN2/c1-6-16(24)26-17(25-6)13(7-2-9(18)14(22)11(20)4-7)8-3-10(19)15(23)12(21)5-8/h2-5,13H,1H3,(H,25,26). The number of aromatic amines is 1. The summed E-state index contributed by atoms with van der Waals surface area (Å²) >= 11 is 13.5. The van der Waals surface area contributed by atoms with Gasteiger partial charge in [0.15, 0.2) is 23.3 Å². The first kappa shape index (κ1) is 19.4. The number of hydrogen-bond donors (Lipinski definition) is 1. The van der Waals surface area contributed by atoms with Crippen molar-refractivity contribution in [3.63, 3.8) is 0 Å². The first-order chi connectivity index (χ1) is 12.2. The van der Waals surface area contributed by atoms with Crippen LogP contribution in [0.5, 0.6) is 0 Å². The summed E-state index contributed by atoms with van der Waals surface area (Å²) in [5.74, 6) is -5.24. The average molecular weight is 515 g/mol. The number of imidazole rings is 1. The Bertz CT molecular complexity index is 883. The van der Waals surface area contributed by atoms with Gasteiger partial charge in [-0.1, -0.05) is 23.2 Å². The fourth-order valence-corrected chi connectivity index (χ4v) is 3.42. The third kappa shape index (κ3) is 3.57. The first-order valence-electron chi connectivity index (χ1n) is 7.20. The molecule has 0 aliphatic rings. The van der Waals surface area contributed by atoms with Crippen molar-refractivity contribution in [2.75, 3.05) is 0 Å². The van der Waals surface area contributed by atoms with Gasteiger partial charge in [-0.15, -0.1) is 0 Å². The van der Waals surface area contributed by atoms with Gasteiger partial charge in [0.25, 0.3) is 0 Å². The average Bonchev–Trinajstić information content (AvgIpc) is 2.89. The van der Waals surface area contributed by atoms with Crippen LogP contribution in [-0.2, 0) is 0 Å². The second-order valence-corrected chi connectivity index (χ2v) is 7.40. The molecule has 2 aromatic carbocycles. The molecule has 2 nitrogen and oxygen atoms in total.